The van der Waals surface area contributed by atoms with E-state index in [1.165, 1.54) is 5.56 Å². The van der Waals surface area contributed by atoms with Crippen molar-refractivity contribution in [3.63, 3.8) is 0 Å². The fraction of sp³-hybridized carbons (Fsp3) is 0.250. The van der Waals surface area contributed by atoms with Gasteiger partial charge in [-0.25, -0.2) is 0 Å². The number of halogens is 1. The average molecular weight is 446 g/mol. The number of methoxy groups -OCH3 is 1. The number of nitrogens with zero attached hydrogens (tertiary/aromatic N) is 2. The third-order valence-electron chi connectivity index (χ3n) is 3.93. The number of ether oxygens (including phenoxy) is 1. The molecular formula is C20H20BrN3O2S. The van der Waals surface area contributed by atoms with Gasteiger partial charge in [-0.3, -0.25) is 10.1 Å². The van der Waals surface area contributed by atoms with E-state index in [1.54, 1.807) is 25.3 Å². The normalized spacial score (nSPS) is 9.96. The molecule has 2 aromatic carbocycles. The van der Waals surface area contributed by atoms with Crippen molar-refractivity contribution in [2.75, 3.05) is 20.2 Å². The zero-order chi connectivity index (χ0) is 19.6. The molecule has 1 amide bonds. The molecule has 0 aliphatic carbocycles. The molecule has 0 saturated carbocycles. The molecule has 2 rings (SSSR count). The fourth-order valence-corrected chi connectivity index (χ4v) is 3.28. The number of amides is 1. The van der Waals surface area contributed by atoms with Crippen molar-refractivity contribution >= 4 is 39.2 Å². The number of rotatable bonds is 7. The van der Waals surface area contributed by atoms with E-state index in [-0.39, 0.29) is 5.91 Å². The van der Waals surface area contributed by atoms with Crippen molar-refractivity contribution < 1.29 is 9.53 Å². The van der Waals surface area contributed by atoms with E-state index in [0.717, 1.165) is 6.42 Å². The highest BCUT2D eigenvalue weighted by Gasteiger charge is 2.15. The molecule has 0 saturated heterocycles. The van der Waals surface area contributed by atoms with E-state index < -0.39 is 0 Å². The second-order valence-electron chi connectivity index (χ2n) is 5.74. The van der Waals surface area contributed by atoms with Crippen LogP contribution in [0.1, 0.15) is 22.3 Å². The molecule has 0 fully saturated rings. The van der Waals surface area contributed by atoms with Gasteiger partial charge < -0.3 is 9.64 Å². The standard InChI is InChI=1S/C20H20BrN3O2S/c1-26-18-9-8-16(14-17(18)21)19(25)23-20(27)24(12-5-11-22)13-10-15-6-3-2-4-7-15/h2-4,6-9,14H,5,10,12-13H2,1H3,(H,23,25,27). The average Bonchev–Trinajstić information content (AvgIpc) is 2.68. The summed E-state index contributed by atoms with van der Waals surface area (Å²) in [5, 5.41) is 12.0. The third-order valence-corrected chi connectivity index (χ3v) is 4.91. The van der Waals surface area contributed by atoms with Crippen LogP contribution in [0.4, 0.5) is 0 Å². The minimum atomic E-state index is -0.301. The highest BCUT2D eigenvalue weighted by atomic mass is 79.9. The van der Waals surface area contributed by atoms with Gasteiger partial charge >= 0.3 is 0 Å². The van der Waals surface area contributed by atoms with Crippen molar-refractivity contribution in [3.05, 3.63) is 64.1 Å². The molecule has 140 valence electrons. The summed E-state index contributed by atoms with van der Waals surface area (Å²) in [5.74, 6) is 0.345. The van der Waals surface area contributed by atoms with Crippen molar-refractivity contribution in [2.24, 2.45) is 0 Å². The maximum Gasteiger partial charge on any atom is 0.257 e. The first-order valence-corrected chi connectivity index (χ1v) is 9.60. The summed E-state index contributed by atoms with van der Waals surface area (Å²) in [6.07, 6.45) is 1.11. The summed E-state index contributed by atoms with van der Waals surface area (Å²) in [5.41, 5.74) is 1.64. The number of nitriles is 1. The lowest BCUT2D eigenvalue weighted by Crippen LogP contribution is -2.44. The number of thiocarbonyl (C=S) groups is 1. The van der Waals surface area contributed by atoms with Crippen LogP contribution in [-0.4, -0.2) is 36.1 Å². The molecule has 0 aliphatic heterocycles. The van der Waals surface area contributed by atoms with Crippen LogP contribution in [0.5, 0.6) is 5.75 Å². The van der Waals surface area contributed by atoms with Gasteiger partial charge in [0, 0.05) is 18.7 Å². The molecule has 5 nitrogen and oxygen atoms in total. The predicted molar refractivity (Wildman–Crippen MR) is 113 cm³/mol. The Morgan fingerprint density at radius 1 is 1.26 bits per heavy atom. The van der Waals surface area contributed by atoms with E-state index in [0.29, 0.717) is 40.4 Å². The van der Waals surface area contributed by atoms with Gasteiger partial charge in [-0.1, -0.05) is 30.3 Å². The number of carbonyl (C=O) groups is 1. The summed E-state index contributed by atoms with van der Waals surface area (Å²) < 4.78 is 5.86. The number of benzene rings is 2. The van der Waals surface area contributed by atoms with Crippen molar-refractivity contribution in [2.45, 2.75) is 12.8 Å². The first-order valence-electron chi connectivity index (χ1n) is 8.40. The molecule has 2 aromatic rings. The first kappa shape index (κ1) is 20.9. The molecule has 0 bridgehead atoms. The Morgan fingerprint density at radius 3 is 2.63 bits per heavy atom. The molecule has 0 heterocycles. The van der Waals surface area contributed by atoms with E-state index in [9.17, 15) is 4.79 Å². The predicted octanol–water partition coefficient (Wildman–Crippen LogP) is 3.93. The van der Waals surface area contributed by atoms with Crippen LogP contribution in [0.3, 0.4) is 0 Å². The highest BCUT2D eigenvalue weighted by molar-refractivity contribution is 9.10. The molecule has 0 spiro atoms. The maximum absolute atomic E-state index is 12.5. The summed E-state index contributed by atoms with van der Waals surface area (Å²) in [6.45, 7) is 1.09. The lowest BCUT2D eigenvalue weighted by Gasteiger charge is -2.24. The van der Waals surface area contributed by atoms with Crippen LogP contribution in [-0.2, 0) is 6.42 Å². The molecule has 1 N–H and O–H groups in total. The molecule has 0 unspecified atom stereocenters. The van der Waals surface area contributed by atoms with Crippen LogP contribution in [0.2, 0.25) is 0 Å². The van der Waals surface area contributed by atoms with Gasteiger partial charge in [0.05, 0.1) is 24.1 Å². The second kappa shape index (κ2) is 10.7. The third kappa shape index (κ3) is 6.35. The fourth-order valence-electron chi connectivity index (χ4n) is 2.46. The SMILES string of the molecule is COc1ccc(C(=O)NC(=S)N(CCC#N)CCc2ccccc2)cc1Br. The first-order chi connectivity index (χ1) is 13.0. The second-order valence-corrected chi connectivity index (χ2v) is 6.98. The van der Waals surface area contributed by atoms with E-state index in [2.05, 4.69) is 27.3 Å². The van der Waals surface area contributed by atoms with Crippen LogP contribution >= 0.6 is 28.1 Å². The Balaban J connectivity index is 2.02. The summed E-state index contributed by atoms with van der Waals surface area (Å²) >= 11 is 8.78. The van der Waals surface area contributed by atoms with Crippen LogP contribution in [0.15, 0.2) is 53.0 Å². The number of nitrogens with one attached hydrogen (secondary N) is 1. The van der Waals surface area contributed by atoms with Crippen molar-refractivity contribution in [3.8, 4) is 11.8 Å². The van der Waals surface area contributed by atoms with Gasteiger partial charge in [0.15, 0.2) is 5.11 Å². The lowest BCUT2D eigenvalue weighted by molar-refractivity contribution is 0.0973. The Hall–Kier alpha value is -2.43. The maximum atomic E-state index is 12.5. The van der Waals surface area contributed by atoms with E-state index in [4.69, 9.17) is 22.2 Å². The molecule has 7 heteroatoms. The zero-order valence-electron chi connectivity index (χ0n) is 14.9. The van der Waals surface area contributed by atoms with Crippen LogP contribution in [0.25, 0.3) is 0 Å². The number of hydrogen-bond acceptors (Lipinski definition) is 4. The Kier molecular flexibility index (Phi) is 8.24. The quantitative estimate of drug-likeness (QED) is 0.653. The van der Waals surface area contributed by atoms with Gasteiger partial charge in [-0.15, -0.1) is 0 Å². The van der Waals surface area contributed by atoms with Crippen LogP contribution in [0, 0.1) is 11.3 Å². The summed E-state index contributed by atoms with van der Waals surface area (Å²) in [7, 11) is 1.56. The Morgan fingerprint density at radius 2 is 2.00 bits per heavy atom. The minimum Gasteiger partial charge on any atom is -0.496 e. The Bertz CT molecular complexity index is 837. The summed E-state index contributed by atoms with van der Waals surface area (Å²) in [4.78, 5) is 14.4. The molecule has 0 radical (unpaired) electrons. The lowest BCUT2D eigenvalue weighted by atomic mass is 10.1. The van der Waals surface area contributed by atoms with E-state index >= 15 is 0 Å². The molecular weight excluding hydrogens is 426 g/mol. The number of carbonyl (C=O) groups excluding carboxylic acids is 1. The molecule has 27 heavy (non-hydrogen) atoms. The summed E-state index contributed by atoms with van der Waals surface area (Å²) in [6, 6.07) is 17.2. The smallest absolute Gasteiger partial charge is 0.257 e. The van der Waals surface area contributed by atoms with Gasteiger partial charge in [-0.05, 0) is 58.3 Å². The van der Waals surface area contributed by atoms with Crippen molar-refractivity contribution in [1.82, 2.24) is 10.2 Å². The van der Waals surface area contributed by atoms with Gasteiger partial charge in [0.25, 0.3) is 5.91 Å². The topological polar surface area (TPSA) is 65.4 Å². The monoisotopic (exact) mass is 445 g/mol. The molecule has 0 aromatic heterocycles. The van der Waals surface area contributed by atoms with Gasteiger partial charge in [0.1, 0.15) is 5.75 Å². The Labute approximate surface area is 173 Å². The largest absolute Gasteiger partial charge is 0.496 e. The van der Waals surface area contributed by atoms with Gasteiger partial charge in [0.2, 0.25) is 0 Å². The highest BCUT2D eigenvalue weighted by Crippen LogP contribution is 2.25. The van der Waals surface area contributed by atoms with Crippen LogP contribution < -0.4 is 10.1 Å². The van der Waals surface area contributed by atoms with E-state index in [1.807, 2.05) is 35.2 Å². The van der Waals surface area contributed by atoms with Crippen molar-refractivity contribution in [1.29, 1.82) is 5.26 Å². The zero-order valence-corrected chi connectivity index (χ0v) is 17.3. The molecule has 0 aliphatic rings. The minimum absolute atomic E-state index is 0.301. The number of hydrogen-bond donors (Lipinski definition) is 1. The van der Waals surface area contributed by atoms with Gasteiger partial charge in [-0.2, -0.15) is 5.26 Å². The molecule has 0 atom stereocenters.